The Hall–Kier alpha value is -2.84. The average molecular weight is 461 g/mol. The molecule has 0 radical (unpaired) electrons. The molecule has 0 bridgehead atoms. The molecule has 32 heavy (non-hydrogen) atoms. The predicted octanol–water partition coefficient (Wildman–Crippen LogP) is 5.32. The van der Waals surface area contributed by atoms with Crippen molar-refractivity contribution < 1.29 is 21.6 Å². The van der Waals surface area contributed by atoms with E-state index in [-0.39, 0.29) is 24.0 Å². The Bertz CT molecular complexity index is 1160. The van der Waals surface area contributed by atoms with Crippen LogP contribution in [0.3, 0.4) is 0 Å². The number of benzene rings is 3. The van der Waals surface area contributed by atoms with Gasteiger partial charge in [0.1, 0.15) is 0 Å². The number of fused-ring (bicyclic) bond motifs is 1. The minimum absolute atomic E-state index is 0.147. The number of nitrogens with one attached hydrogen (secondary N) is 1. The van der Waals surface area contributed by atoms with Crippen LogP contribution in [0.1, 0.15) is 23.1 Å². The van der Waals surface area contributed by atoms with Gasteiger partial charge in [0.15, 0.2) is 0 Å². The summed E-state index contributed by atoms with van der Waals surface area (Å²) in [7, 11) is -3.98. The molecule has 1 aliphatic rings. The number of nitrogens with zero attached hydrogens (tertiary/aromatic N) is 1. The maximum Gasteiger partial charge on any atom is 0.416 e. The summed E-state index contributed by atoms with van der Waals surface area (Å²) in [6, 6.07) is 21.0. The van der Waals surface area contributed by atoms with Gasteiger partial charge < -0.3 is 5.32 Å². The monoisotopic (exact) mass is 460 g/mol. The summed E-state index contributed by atoms with van der Waals surface area (Å²) in [4.78, 5) is -0.147. The minimum Gasteiger partial charge on any atom is -0.381 e. The first kappa shape index (κ1) is 22.4. The van der Waals surface area contributed by atoms with Crippen LogP contribution in [0.15, 0.2) is 83.8 Å². The number of alkyl halides is 3. The van der Waals surface area contributed by atoms with E-state index in [2.05, 4.69) is 5.32 Å². The van der Waals surface area contributed by atoms with Crippen LogP contribution in [-0.2, 0) is 29.2 Å². The lowest BCUT2D eigenvalue weighted by Crippen LogP contribution is -2.38. The Morgan fingerprint density at radius 2 is 1.56 bits per heavy atom. The van der Waals surface area contributed by atoms with Crippen LogP contribution >= 0.6 is 0 Å². The Labute approximate surface area is 185 Å². The fourth-order valence-electron chi connectivity index (χ4n) is 3.86. The van der Waals surface area contributed by atoms with Gasteiger partial charge in [-0.1, -0.05) is 48.5 Å². The fraction of sp³-hybridized carbons (Fsp3) is 0.250. The van der Waals surface area contributed by atoms with E-state index >= 15 is 0 Å². The van der Waals surface area contributed by atoms with Gasteiger partial charge in [-0.2, -0.15) is 17.5 Å². The summed E-state index contributed by atoms with van der Waals surface area (Å²) in [6.45, 7) is 0.360. The third-order valence-corrected chi connectivity index (χ3v) is 7.42. The summed E-state index contributed by atoms with van der Waals surface area (Å²) in [5.41, 5.74) is 1.98. The van der Waals surface area contributed by atoms with Crippen LogP contribution in [0.5, 0.6) is 0 Å². The predicted molar refractivity (Wildman–Crippen MR) is 118 cm³/mol. The molecule has 4 rings (SSSR count). The van der Waals surface area contributed by atoms with Crippen LogP contribution < -0.4 is 5.32 Å². The molecule has 4 nitrogen and oxygen atoms in total. The van der Waals surface area contributed by atoms with Gasteiger partial charge in [-0.15, -0.1) is 0 Å². The number of hydrogen-bond donors (Lipinski definition) is 1. The third kappa shape index (κ3) is 4.97. The number of rotatable bonds is 5. The Balaban J connectivity index is 1.61. The number of para-hydroxylation sites is 1. The summed E-state index contributed by atoms with van der Waals surface area (Å²) in [6.07, 6.45) is -3.04. The second-order valence-electron chi connectivity index (χ2n) is 7.84. The van der Waals surface area contributed by atoms with E-state index in [0.717, 1.165) is 47.5 Å². The highest BCUT2D eigenvalue weighted by Gasteiger charge is 2.33. The minimum atomic E-state index is -4.52. The third-order valence-electron chi connectivity index (χ3n) is 5.59. The highest BCUT2D eigenvalue weighted by Crippen LogP contribution is 2.32. The molecule has 0 aliphatic carbocycles. The van der Waals surface area contributed by atoms with Crippen LogP contribution in [0.25, 0.3) is 0 Å². The van der Waals surface area contributed by atoms with Crippen LogP contribution in [0.2, 0.25) is 0 Å². The zero-order valence-corrected chi connectivity index (χ0v) is 18.0. The lowest BCUT2D eigenvalue weighted by molar-refractivity contribution is -0.137. The molecule has 0 fully saturated rings. The second-order valence-corrected chi connectivity index (χ2v) is 9.78. The standard InChI is InChI=1S/C24H23F3N2O2S/c25-24(26,27)20-11-14-22(15-12-20)32(30,31)29-16-19-8-4-5-9-23(19)28-21(17-29)13-10-18-6-2-1-3-7-18/h1-9,11-12,14-15,21,28H,10,13,16-17H2. The van der Waals surface area contributed by atoms with Gasteiger partial charge >= 0.3 is 6.18 Å². The molecule has 0 amide bonds. The van der Waals surface area contributed by atoms with Crippen molar-refractivity contribution >= 4 is 15.7 Å². The van der Waals surface area contributed by atoms with Gasteiger partial charge in [-0.3, -0.25) is 0 Å². The molecule has 3 aromatic rings. The quantitative estimate of drug-likeness (QED) is 0.561. The molecular formula is C24H23F3N2O2S. The summed E-state index contributed by atoms with van der Waals surface area (Å²) >= 11 is 0. The zero-order valence-electron chi connectivity index (χ0n) is 17.2. The first-order valence-corrected chi connectivity index (χ1v) is 11.7. The fourth-order valence-corrected chi connectivity index (χ4v) is 5.33. The van der Waals surface area contributed by atoms with Crippen molar-refractivity contribution in [2.24, 2.45) is 0 Å². The lowest BCUT2D eigenvalue weighted by Gasteiger charge is -2.24. The van der Waals surface area contributed by atoms with E-state index in [0.29, 0.717) is 6.42 Å². The summed E-state index contributed by atoms with van der Waals surface area (Å²) in [5, 5.41) is 3.46. The molecule has 0 spiro atoms. The number of halogens is 3. The Kier molecular flexibility index (Phi) is 6.26. The number of aryl methyl sites for hydroxylation is 1. The van der Waals surface area contributed by atoms with E-state index in [4.69, 9.17) is 0 Å². The zero-order chi connectivity index (χ0) is 22.8. The highest BCUT2D eigenvalue weighted by molar-refractivity contribution is 7.89. The van der Waals surface area contributed by atoms with Crippen molar-refractivity contribution in [3.63, 3.8) is 0 Å². The topological polar surface area (TPSA) is 49.4 Å². The second kappa shape index (κ2) is 8.96. The summed E-state index contributed by atoms with van der Waals surface area (Å²) in [5.74, 6) is 0. The van der Waals surface area contributed by atoms with Crippen molar-refractivity contribution in [3.8, 4) is 0 Å². The van der Waals surface area contributed by atoms with Crippen LogP contribution in [-0.4, -0.2) is 25.3 Å². The van der Waals surface area contributed by atoms with E-state index in [9.17, 15) is 21.6 Å². The van der Waals surface area contributed by atoms with Crippen molar-refractivity contribution in [1.82, 2.24) is 4.31 Å². The molecule has 168 valence electrons. The normalized spacial score (nSPS) is 17.3. The van der Waals surface area contributed by atoms with Crippen molar-refractivity contribution in [1.29, 1.82) is 0 Å². The van der Waals surface area contributed by atoms with Crippen LogP contribution in [0, 0.1) is 0 Å². The maximum atomic E-state index is 13.3. The molecule has 0 saturated carbocycles. The Morgan fingerprint density at radius 3 is 2.25 bits per heavy atom. The van der Waals surface area contributed by atoms with Crippen molar-refractivity contribution in [2.45, 2.75) is 36.5 Å². The van der Waals surface area contributed by atoms with Gasteiger partial charge in [0.2, 0.25) is 10.0 Å². The molecule has 0 saturated heterocycles. The molecule has 1 atom stereocenters. The SMILES string of the molecule is O=S(=O)(c1ccc(C(F)(F)F)cc1)N1Cc2ccccc2NC(CCc2ccccc2)C1. The first-order chi connectivity index (χ1) is 15.2. The van der Waals surface area contributed by atoms with Gasteiger partial charge in [-0.05, 0) is 54.3 Å². The lowest BCUT2D eigenvalue weighted by atomic mass is 10.0. The molecule has 3 aromatic carbocycles. The van der Waals surface area contributed by atoms with Crippen LogP contribution in [0.4, 0.5) is 18.9 Å². The van der Waals surface area contributed by atoms with Gasteiger partial charge in [-0.25, -0.2) is 8.42 Å². The highest BCUT2D eigenvalue weighted by atomic mass is 32.2. The molecule has 0 aromatic heterocycles. The van der Waals surface area contributed by atoms with E-state index < -0.39 is 21.8 Å². The Morgan fingerprint density at radius 1 is 0.906 bits per heavy atom. The number of sulfonamides is 1. The largest absolute Gasteiger partial charge is 0.416 e. The first-order valence-electron chi connectivity index (χ1n) is 10.3. The van der Waals surface area contributed by atoms with E-state index in [1.54, 1.807) is 0 Å². The molecule has 8 heteroatoms. The van der Waals surface area contributed by atoms with Crippen molar-refractivity contribution in [3.05, 3.63) is 95.6 Å². The van der Waals surface area contributed by atoms with E-state index in [1.807, 2.05) is 54.6 Å². The molecule has 1 unspecified atom stereocenters. The number of anilines is 1. The van der Waals surface area contributed by atoms with Gasteiger partial charge in [0.25, 0.3) is 0 Å². The smallest absolute Gasteiger partial charge is 0.381 e. The van der Waals surface area contributed by atoms with Gasteiger partial charge in [0.05, 0.1) is 10.5 Å². The molecule has 1 N–H and O–H groups in total. The number of hydrogen-bond acceptors (Lipinski definition) is 3. The average Bonchev–Trinajstić information content (AvgIpc) is 2.98. The molecular weight excluding hydrogens is 437 g/mol. The van der Waals surface area contributed by atoms with Crippen molar-refractivity contribution in [2.75, 3.05) is 11.9 Å². The summed E-state index contributed by atoms with van der Waals surface area (Å²) < 4.78 is 66.7. The molecule has 1 heterocycles. The molecule has 1 aliphatic heterocycles. The van der Waals surface area contributed by atoms with Gasteiger partial charge in [0, 0.05) is 24.8 Å². The van der Waals surface area contributed by atoms with E-state index in [1.165, 1.54) is 4.31 Å². The maximum absolute atomic E-state index is 13.3.